The van der Waals surface area contributed by atoms with Gasteiger partial charge in [-0.3, -0.25) is 0 Å². The zero-order chi connectivity index (χ0) is 13.7. The van der Waals surface area contributed by atoms with E-state index in [0.717, 1.165) is 17.1 Å². The molecular formula is C16H19NO2. The maximum absolute atomic E-state index is 5.95. The SMILES string of the molecule is COc1cccc(C(CN)Oc2cccc(C)c2)c1. The third-order valence-electron chi connectivity index (χ3n) is 2.95. The lowest BCUT2D eigenvalue weighted by molar-refractivity contribution is 0.213. The zero-order valence-corrected chi connectivity index (χ0v) is 11.3. The fourth-order valence-electron chi connectivity index (χ4n) is 1.95. The molecule has 2 N–H and O–H groups in total. The van der Waals surface area contributed by atoms with E-state index in [1.54, 1.807) is 7.11 Å². The van der Waals surface area contributed by atoms with Crippen molar-refractivity contribution in [2.45, 2.75) is 13.0 Å². The summed E-state index contributed by atoms with van der Waals surface area (Å²) in [4.78, 5) is 0. The molecule has 0 radical (unpaired) electrons. The van der Waals surface area contributed by atoms with E-state index in [2.05, 4.69) is 0 Å². The molecule has 3 nitrogen and oxygen atoms in total. The van der Waals surface area contributed by atoms with Crippen LogP contribution in [0.15, 0.2) is 48.5 Å². The molecular weight excluding hydrogens is 238 g/mol. The second kappa shape index (κ2) is 6.25. The molecule has 2 aromatic carbocycles. The first-order valence-electron chi connectivity index (χ1n) is 6.30. The summed E-state index contributed by atoms with van der Waals surface area (Å²) in [6.45, 7) is 2.46. The Morgan fingerprint density at radius 1 is 1.05 bits per heavy atom. The smallest absolute Gasteiger partial charge is 0.136 e. The van der Waals surface area contributed by atoms with Crippen LogP contribution in [-0.2, 0) is 0 Å². The Labute approximate surface area is 114 Å². The topological polar surface area (TPSA) is 44.5 Å². The molecule has 0 aliphatic rings. The van der Waals surface area contributed by atoms with Crippen LogP contribution in [0.3, 0.4) is 0 Å². The van der Waals surface area contributed by atoms with Gasteiger partial charge < -0.3 is 15.2 Å². The van der Waals surface area contributed by atoms with E-state index in [4.69, 9.17) is 15.2 Å². The largest absolute Gasteiger partial charge is 0.497 e. The third kappa shape index (κ3) is 3.48. The van der Waals surface area contributed by atoms with Crippen LogP contribution < -0.4 is 15.2 Å². The minimum absolute atomic E-state index is 0.170. The number of nitrogens with two attached hydrogens (primary N) is 1. The minimum atomic E-state index is -0.170. The molecule has 2 aromatic rings. The zero-order valence-electron chi connectivity index (χ0n) is 11.3. The van der Waals surface area contributed by atoms with Gasteiger partial charge in [-0.15, -0.1) is 0 Å². The summed E-state index contributed by atoms with van der Waals surface area (Å²) >= 11 is 0. The number of benzene rings is 2. The third-order valence-corrected chi connectivity index (χ3v) is 2.95. The molecule has 0 aromatic heterocycles. The van der Waals surface area contributed by atoms with Crippen molar-refractivity contribution in [2.75, 3.05) is 13.7 Å². The van der Waals surface area contributed by atoms with Crippen LogP contribution in [0.5, 0.6) is 11.5 Å². The van der Waals surface area contributed by atoms with E-state index in [0.29, 0.717) is 6.54 Å². The van der Waals surface area contributed by atoms with Crippen molar-refractivity contribution < 1.29 is 9.47 Å². The minimum Gasteiger partial charge on any atom is -0.497 e. The maximum atomic E-state index is 5.95. The Kier molecular flexibility index (Phi) is 4.42. The standard InChI is InChI=1S/C16H19NO2/c1-12-5-3-8-15(9-12)19-16(11-17)13-6-4-7-14(10-13)18-2/h3-10,16H,11,17H2,1-2H3. The number of methoxy groups -OCH3 is 1. The van der Waals surface area contributed by atoms with Gasteiger partial charge in [-0.25, -0.2) is 0 Å². The summed E-state index contributed by atoms with van der Waals surface area (Å²) in [5.41, 5.74) is 8.00. The van der Waals surface area contributed by atoms with Gasteiger partial charge in [0, 0.05) is 6.54 Å². The Morgan fingerprint density at radius 3 is 2.47 bits per heavy atom. The van der Waals surface area contributed by atoms with Crippen molar-refractivity contribution in [1.82, 2.24) is 0 Å². The first kappa shape index (κ1) is 13.4. The normalized spacial score (nSPS) is 11.9. The molecule has 2 rings (SSSR count). The molecule has 3 heteroatoms. The van der Waals surface area contributed by atoms with Gasteiger partial charge in [-0.2, -0.15) is 0 Å². The van der Waals surface area contributed by atoms with Gasteiger partial charge >= 0.3 is 0 Å². The number of aryl methyl sites for hydroxylation is 1. The van der Waals surface area contributed by atoms with Gasteiger partial charge in [-0.1, -0.05) is 24.3 Å². The summed E-state index contributed by atoms with van der Waals surface area (Å²) in [5.74, 6) is 1.64. The Morgan fingerprint density at radius 2 is 1.79 bits per heavy atom. The fraction of sp³-hybridized carbons (Fsp3) is 0.250. The van der Waals surface area contributed by atoms with Crippen LogP contribution in [0.4, 0.5) is 0 Å². The average Bonchev–Trinajstić information content (AvgIpc) is 2.45. The Hall–Kier alpha value is -2.00. The van der Waals surface area contributed by atoms with Gasteiger partial charge in [0.2, 0.25) is 0 Å². The molecule has 0 spiro atoms. The number of hydrogen-bond acceptors (Lipinski definition) is 3. The predicted molar refractivity (Wildman–Crippen MR) is 76.6 cm³/mol. The fourth-order valence-corrected chi connectivity index (χ4v) is 1.95. The molecule has 1 atom stereocenters. The van der Waals surface area contributed by atoms with Gasteiger partial charge in [-0.05, 0) is 42.3 Å². The Bertz CT molecular complexity index is 540. The highest BCUT2D eigenvalue weighted by molar-refractivity contribution is 5.32. The van der Waals surface area contributed by atoms with Crippen molar-refractivity contribution >= 4 is 0 Å². The van der Waals surface area contributed by atoms with Crippen molar-refractivity contribution in [3.63, 3.8) is 0 Å². The maximum Gasteiger partial charge on any atom is 0.136 e. The number of rotatable bonds is 5. The van der Waals surface area contributed by atoms with E-state index in [-0.39, 0.29) is 6.10 Å². The first-order chi connectivity index (χ1) is 9.22. The molecule has 0 aliphatic heterocycles. The van der Waals surface area contributed by atoms with Crippen molar-refractivity contribution in [2.24, 2.45) is 5.73 Å². The Balaban J connectivity index is 2.19. The van der Waals surface area contributed by atoms with Crippen LogP contribution in [-0.4, -0.2) is 13.7 Å². The van der Waals surface area contributed by atoms with Gasteiger partial charge in [0.1, 0.15) is 17.6 Å². The van der Waals surface area contributed by atoms with E-state index >= 15 is 0 Å². The summed E-state index contributed by atoms with van der Waals surface area (Å²) in [5, 5.41) is 0. The second-order valence-electron chi connectivity index (χ2n) is 4.44. The van der Waals surface area contributed by atoms with Crippen LogP contribution in [0.25, 0.3) is 0 Å². The highest BCUT2D eigenvalue weighted by Crippen LogP contribution is 2.24. The van der Waals surface area contributed by atoms with E-state index in [1.807, 2.05) is 55.5 Å². The lowest BCUT2D eigenvalue weighted by Crippen LogP contribution is -2.18. The number of hydrogen-bond donors (Lipinski definition) is 1. The van der Waals surface area contributed by atoms with Crippen molar-refractivity contribution in [3.8, 4) is 11.5 Å². The van der Waals surface area contributed by atoms with Crippen molar-refractivity contribution in [3.05, 3.63) is 59.7 Å². The lowest BCUT2D eigenvalue weighted by Gasteiger charge is -2.18. The summed E-state index contributed by atoms with van der Waals surface area (Å²) in [7, 11) is 1.65. The molecule has 100 valence electrons. The molecule has 1 unspecified atom stereocenters. The second-order valence-corrected chi connectivity index (χ2v) is 4.44. The lowest BCUT2D eigenvalue weighted by atomic mass is 10.1. The molecule has 0 saturated carbocycles. The molecule has 0 aliphatic carbocycles. The van der Waals surface area contributed by atoms with E-state index in [1.165, 1.54) is 5.56 Å². The number of ether oxygens (including phenoxy) is 2. The molecule has 0 amide bonds. The predicted octanol–water partition coefficient (Wildman–Crippen LogP) is 3.08. The van der Waals surface area contributed by atoms with Crippen LogP contribution in [0.2, 0.25) is 0 Å². The summed E-state index contributed by atoms with van der Waals surface area (Å²) in [6, 6.07) is 15.8. The molecule has 0 saturated heterocycles. The summed E-state index contributed by atoms with van der Waals surface area (Å²) in [6.07, 6.45) is -0.170. The molecule has 0 bridgehead atoms. The van der Waals surface area contributed by atoms with Gasteiger partial charge in [0.15, 0.2) is 0 Å². The molecule has 0 heterocycles. The molecule has 19 heavy (non-hydrogen) atoms. The quantitative estimate of drug-likeness (QED) is 0.895. The van der Waals surface area contributed by atoms with Gasteiger partial charge in [0.05, 0.1) is 7.11 Å². The van der Waals surface area contributed by atoms with Crippen LogP contribution in [0.1, 0.15) is 17.2 Å². The van der Waals surface area contributed by atoms with Gasteiger partial charge in [0.25, 0.3) is 0 Å². The van der Waals surface area contributed by atoms with Crippen LogP contribution in [0, 0.1) is 6.92 Å². The van der Waals surface area contributed by atoms with E-state index < -0.39 is 0 Å². The van der Waals surface area contributed by atoms with Crippen molar-refractivity contribution in [1.29, 1.82) is 0 Å². The highest BCUT2D eigenvalue weighted by atomic mass is 16.5. The monoisotopic (exact) mass is 257 g/mol. The first-order valence-corrected chi connectivity index (χ1v) is 6.30. The highest BCUT2D eigenvalue weighted by Gasteiger charge is 2.12. The van der Waals surface area contributed by atoms with E-state index in [9.17, 15) is 0 Å². The molecule has 0 fully saturated rings. The average molecular weight is 257 g/mol. The van der Waals surface area contributed by atoms with Crippen LogP contribution >= 0.6 is 0 Å². The summed E-state index contributed by atoms with van der Waals surface area (Å²) < 4.78 is 11.2.